The number of nitrogens with zero attached hydrogens (tertiary/aromatic N) is 2. The zero-order valence-electron chi connectivity index (χ0n) is 7.87. The number of hydrogen-bond donors (Lipinski definition) is 2. The maximum absolute atomic E-state index is 10.5. The monoisotopic (exact) mass is 194 g/mol. The Kier molecular flexibility index (Phi) is 3.11. The molecule has 0 saturated heterocycles. The number of nitrogens with one attached hydrogen (secondary N) is 2. The molecule has 0 unspecified atom stereocenters. The number of rotatable bonds is 4. The second kappa shape index (κ2) is 4.31. The molecule has 0 aliphatic carbocycles. The van der Waals surface area contributed by atoms with Crippen molar-refractivity contribution in [1.29, 1.82) is 0 Å². The van der Waals surface area contributed by atoms with E-state index in [4.69, 9.17) is 0 Å². The lowest BCUT2D eigenvalue weighted by molar-refractivity contribution is 1.37. The molecule has 0 aliphatic heterocycles. The smallest absolute Gasteiger partial charge is 0.162 e. The van der Waals surface area contributed by atoms with Crippen LogP contribution in [0, 0.1) is 9.81 Å². The minimum Gasteiger partial charge on any atom is -0.386 e. The minimum absolute atomic E-state index is 0.0225. The van der Waals surface area contributed by atoms with Gasteiger partial charge in [0.2, 0.25) is 0 Å². The summed E-state index contributed by atoms with van der Waals surface area (Å²) >= 11 is 0. The van der Waals surface area contributed by atoms with Crippen molar-refractivity contribution in [3.63, 3.8) is 0 Å². The molecule has 1 rings (SSSR count). The quantitative estimate of drug-likeness (QED) is 0.721. The summed E-state index contributed by atoms with van der Waals surface area (Å²) in [5, 5.41) is 11.1. The van der Waals surface area contributed by atoms with Crippen molar-refractivity contribution >= 4 is 22.7 Å². The summed E-state index contributed by atoms with van der Waals surface area (Å²) in [6, 6.07) is 3.30. The molecule has 1 aromatic carbocycles. The molecular weight excluding hydrogens is 184 g/mol. The van der Waals surface area contributed by atoms with Gasteiger partial charge in [0.1, 0.15) is 0 Å². The molecule has 0 spiro atoms. The summed E-state index contributed by atoms with van der Waals surface area (Å²) in [5.41, 5.74) is 1.01. The highest BCUT2D eigenvalue weighted by atomic mass is 16.3. The molecule has 0 aromatic heterocycles. The third-order valence-electron chi connectivity index (χ3n) is 1.87. The average molecular weight is 194 g/mol. The van der Waals surface area contributed by atoms with Crippen molar-refractivity contribution < 1.29 is 0 Å². The first kappa shape index (κ1) is 10.1. The summed E-state index contributed by atoms with van der Waals surface area (Å²) in [5.74, 6) is 0. The predicted molar refractivity (Wildman–Crippen MR) is 56.4 cm³/mol. The Morgan fingerprint density at radius 2 is 1.29 bits per heavy atom. The van der Waals surface area contributed by atoms with E-state index >= 15 is 0 Å². The Labute approximate surface area is 80.7 Å². The van der Waals surface area contributed by atoms with Crippen LogP contribution in [-0.2, 0) is 0 Å². The summed E-state index contributed by atoms with van der Waals surface area (Å²) in [6.07, 6.45) is 0. The van der Waals surface area contributed by atoms with E-state index < -0.39 is 0 Å². The van der Waals surface area contributed by atoms with E-state index in [0.29, 0.717) is 11.4 Å². The van der Waals surface area contributed by atoms with Crippen molar-refractivity contribution in [2.24, 2.45) is 10.4 Å². The van der Waals surface area contributed by atoms with E-state index in [1.54, 1.807) is 26.2 Å². The van der Waals surface area contributed by atoms with Gasteiger partial charge >= 0.3 is 0 Å². The van der Waals surface area contributed by atoms with Gasteiger partial charge in [-0.15, -0.1) is 9.81 Å². The molecule has 0 atom stereocenters. The Morgan fingerprint density at radius 1 is 0.929 bits per heavy atom. The molecule has 0 amide bonds. The SMILES string of the molecule is CNc1ccc(NC)c(N=O)c1N=O. The molecule has 14 heavy (non-hydrogen) atoms. The lowest BCUT2D eigenvalue weighted by Crippen LogP contribution is -1.92. The summed E-state index contributed by atoms with van der Waals surface area (Å²) in [6.45, 7) is 0. The fourth-order valence-electron chi connectivity index (χ4n) is 1.17. The summed E-state index contributed by atoms with van der Waals surface area (Å²) < 4.78 is 0. The Morgan fingerprint density at radius 3 is 1.50 bits per heavy atom. The van der Waals surface area contributed by atoms with Crippen LogP contribution in [0.2, 0.25) is 0 Å². The molecule has 1 aromatic rings. The van der Waals surface area contributed by atoms with Crippen LogP contribution >= 0.6 is 0 Å². The first-order chi connectivity index (χ1) is 6.78. The third-order valence-corrected chi connectivity index (χ3v) is 1.87. The molecule has 0 saturated carbocycles. The fraction of sp³-hybridized carbons (Fsp3) is 0.250. The van der Waals surface area contributed by atoms with E-state index in [2.05, 4.69) is 21.0 Å². The van der Waals surface area contributed by atoms with Crippen LogP contribution in [0.15, 0.2) is 22.5 Å². The van der Waals surface area contributed by atoms with Crippen LogP contribution in [0.25, 0.3) is 0 Å². The van der Waals surface area contributed by atoms with Crippen LogP contribution in [0.3, 0.4) is 0 Å². The fourth-order valence-corrected chi connectivity index (χ4v) is 1.17. The molecule has 0 radical (unpaired) electrons. The number of hydrogen-bond acceptors (Lipinski definition) is 6. The first-order valence-corrected chi connectivity index (χ1v) is 3.97. The van der Waals surface area contributed by atoms with Gasteiger partial charge in [0.15, 0.2) is 11.4 Å². The topological polar surface area (TPSA) is 82.9 Å². The molecule has 6 nitrogen and oxygen atoms in total. The molecule has 6 heteroatoms. The van der Waals surface area contributed by atoms with Gasteiger partial charge in [-0.25, -0.2) is 0 Å². The van der Waals surface area contributed by atoms with Gasteiger partial charge in [0.05, 0.1) is 11.4 Å². The maximum atomic E-state index is 10.5. The van der Waals surface area contributed by atoms with Gasteiger partial charge in [-0.2, -0.15) is 0 Å². The van der Waals surface area contributed by atoms with Crippen molar-refractivity contribution in [2.75, 3.05) is 24.7 Å². The zero-order valence-corrected chi connectivity index (χ0v) is 7.87. The van der Waals surface area contributed by atoms with Crippen molar-refractivity contribution in [3.05, 3.63) is 21.9 Å². The van der Waals surface area contributed by atoms with E-state index in [9.17, 15) is 9.81 Å². The number of benzene rings is 1. The molecule has 0 bridgehead atoms. The second-order valence-electron chi connectivity index (χ2n) is 2.54. The maximum Gasteiger partial charge on any atom is 0.162 e. The number of anilines is 2. The lowest BCUT2D eigenvalue weighted by Gasteiger charge is -2.08. The van der Waals surface area contributed by atoms with Gasteiger partial charge in [0.25, 0.3) is 0 Å². The molecule has 0 aliphatic rings. The highest BCUT2D eigenvalue weighted by Gasteiger charge is 2.13. The van der Waals surface area contributed by atoms with Gasteiger partial charge in [-0.05, 0) is 22.5 Å². The molecular formula is C8H10N4O2. The Balaban J connectivity index is 3.43. The normalized spacial score (nSPS) is 9.29. The molecule has 2 N–H and O–H groups in total. The average Bonchev–Trinajstić information content (AvgIpc) is 2.26. The minimum atomic E-state index is 0.0225. The van der Waals surface area contributed by atoms with E-state index in [1.165, 1.54) is 0 Å². The molecule has 0 heterocycles. The van der Waals surface area contributed by atoms with Crippen LogP contribution in [-0.4, -0.2) is 14.1 Å². The van der Waals surface area contributed by atoms with E-state index in [0.717, 1.165) is 0 Å². The molecule has 74 valence electrons. The van der Waals surface area contributed by atoms with Crippen LogP contribution in [0.4, 0.5) is 22.7 Å². The van der Waals surface area contributed by atoms with E-state index in [1.807, 2.05) is 0 Å². The highest BCUT2D eigenvalue weighted by molar-refractivity contribution is 5.86. The van der Waals surface area contributed by atoms with Gasteiger partial charge < -0.3 is 10.6 Å². The van der Waals surface area contributed by atoms with Crippen LogP contribution in [0.5, 0.6) is 0 Å². The standard InChI is InChI=1S/C8H10N4O2/c1-9-5-3-4-6(10-2)8(12-14)7(5)11-13/h3-4,9-10H,1-2H3. The van der Waals surface area contributed by atoms with E-state index in [-0.39, 0.29) is 11.4 Å². The highest BCUT2D eigenvalue weighted by Crippen LogP contribution is 2.41. The summed E-state index contributed by atoms with van der Waals surface area (Å²) in [4.78, 5) is 21.0. The zero-order chi connectivity index (χ0) is 10.6. The number of nitroso groups, excluding NO2 is 2. The summed E-state index contributed by atoms with van der Waals surface area (Å²) in [7, 11) is 3.27. The van der Waals surface area contributed by atoms with Crippen molar-refractivity contribution in [2.45, 2.75) is 0 Å². The largest absolute Gasteiger partial charge is 0.386 e. The lowest BCUT2D eigenvalue weighted by atomic mass is 10.2. The van der Waals surface area contributed by atoms with Gasteiger partial charge in [0, 0.05) is 14.1 Å². The van der Waals surface area contributed by atoms with Crippen LogP contribution < -0.4 is 10.6 Å². The second-order valence-corrected chi connectivity index (χ2v) is 2.54. The predicted octanol–water partition coefficient (Wildman–Crippen LogP) is 2.57. The Bertz CT molecular complexity index is 330. The van der Waals surface area contributed by atoms with Crippen molar-refractivity contribution in [3.8, 4) is 0 Å². The molecule has 0 fully saturated rings. The first-order valence-electron chi connectivity index (χ1n) is 3.97. The van der Waals surface area contributed by atoms with Gasteiger partial charge in [-0.3, -0.25) is 0 Å². The van der Waals surface area contributed by atoms with Crippen molar-refractivity contribution in [1.82, 2.24) is 0 Å². The van der Waals surface area contributed by atoms with Gasteiger partial charge in [-0.1, -0.05) is 0 Å². The Hall–Kier alpha value is -1.98. The van der Waals surface area contributed by atoms with Crippen LogP contribution in [0.1, 0.15) is 0 Å². The third kappa shape index (κ3) is 1.54.